The van der Waals surface area contributed by atoms with E-state index in [2.05, 4.69) is 29.4 Å². The van der Waals surface area contributed by atoms with Crippen LogP contribution in [-0.4, -0.2) is 38.8 Å². The minimum Gasteiger partial charge on any atom is -0.392 e. The number of amides is 1. The van der Waals surface area contributed by atoms with Gasteiger partial charge in [-0.15, -0.1) is 0 Å². The van der Waals surface area contributed by atoms with E-state index >= 15 is 0 Å². The Bertz CT molecular complexity index is 936. The van der Waals surface area contributed by atoms with E-state index in [1.165, 1.54) is 5.56 Å². The van der Waals surface area contributed by atoms with E-state index in [-0.39, 0.29) is 12.5 Å². The summed E-state index contributed by atoms with van der Waals surface area (Å²) in [6.45, 7) is 2.28. The number of aliphatic hydroxyl groups excluding tert-OH is 1. The topological polar surface area (TPSA) is 58.4 Å². The van der Waals surface area contributed by atoms with Gasteiger partial charge in [-0.25, -0.2) is 0 Å². The maximum atomic E-state index is 12.9. The van der Waals surface area contributed by atoms with Crippen LogP contribution in [0.3, 0.4) is 0 Å². The first kappa shape index (κ1) is 18.4. The maximum Gasteiger partial charge on any atom is 0.257 e. The van der Waals surface area contributed by atoms with Crippen LogP contribution < -0.4 is 0 Å². The molecule has 5 heteroatoms. The smallest absolute Gasteiger partial charge is 0.257 e. The van der Waals surface area contributed by atoms with Gasteiger partial charge in [0.15, 0.2) is 0 Å². The van der Waals surface area contributed by atoms with Gasteiger partial charge in [0.05, 0.1) is 24.9 Å². The summed E-state index contributed by atoms with van der Waals surface area (Å²) >= 11 is 0. The lowest BCUT2D eigenvalue weighted by Gasteiger charge is -2.16. The molecule has 1 aliphatic heterocycles. The molecule has 1 aliphatic rings. The summed E-state index contributed by atoms with van der Waals surface area (Å²) in [5, 5.41) is 13.7. The standard InChI is InChI=1S/C23H25N3O2/c27-17-21-8-4-7-19(12-21)11-20-9-10-25(14-20)23(28)22-13-24-26(16-22)15-18-5-2-1-3-6-18/h1-8,12-13,16,20,27H,9-11,14-15,17H2/t20-/m1/s1. The lowest BCUT2D eigenvalue weighted by molar-refractivity contribution is 0.0787. The summed E-state index contributed by atoms with van der Waals surface area (Å²) in [6.07, 6.45) is 5.45. The van der Waals surface area contributed by atoms with Gasteiger partial charge in [-0.3, -0.25) is 9.48 Å². The molecule has 28 heavy (non-hydrogen) atoms. The van der Waals surface area contributed by atoms with Crippen molar-refractivity contribution in [2.24, 2.45) is 5.92 Å². The van der Waals surface area contributed by atoms with Crippen LogP contribution >= 0.6 is 0 Å². The number of hydrogen-bond donors (Lipinski definition) is 1. The van der Waals surface area contributed by atoms with Crippen LogP contribution in [0.5, 0.6) is 0 Å². The molecule has 0 radical (unpaired) electrons. The molecule has 1 saturated heterocycles. The number of nitrogens with zero attached hydrogens (tertiary/aromatic N) is 3. The lowest BCUT2D eigenvalue weighted by Crippen LogP contribution is -2.28. The van der Waals surface area contributed by atoms with Gasteiger partial charge in [0.2, 0.25) is 0 Å². The van der Waals surface area contributed by atoms with E-state index in [0.717, 1.165) is 37.1 Å². The number of carbonyl (C=O) groups is 1. The van der Waals surface area contributed by atoms with E-state index in [1.807, 2.05) is 46.1 Å². The Morgan fingerprint density at radius 2 is 1.86 bits per heavy atom. The minimum atomic E-state index is 0.0610. The van der Waals surface area contributed by atoms with Crippen molar-refractivity contribution >= 4 is 5.91 Å². The molecule has 1 aromatic heterocycles. The number of hydrogen-bond acceptors (Lipinski definition) is 3. The van der Waals surface area contributed by atoms with Crippen LogP contribution in [0.1, 0.15) is 33.5 Å². The molecule has 4 rings (SSSR count). The van der Waals surface area contributed by atoms with Crippen molar-refractivity contribution in [3.05, 3.63) is 89.2 Å². The molecule has 3 aromatic rings. The average molecular weight is 375 g/mol. The van der Waals surface area contributed by atoms with Crippen molar-refractivity contribution in [3.63, 3.8) is 0 Å². The molecule has 1 N–H and O–H groups in total. The molecule has 0 saturated carbocycles. The highest BCUT2D eigenvalue weighted by Gasteiger charge is 2.27. The van der Waals surface area contributed by atoms with Crippen LogP contribution in [0, 0.1) is 5.92 Å². The van der Waals surface area contributed by atoms with E-state index < -0.39 is 0 Å². The molecular formula is C23H25N3O2. The SMILES string of the molecule is O=C(c1cnn(Cc2ccccc2)c1)N1CC[C@H](Cc2cccc(CO)c2)C1. The number of likely N-dealkylation sites (tertiary alicyclic amines) is 1. The summed E-state index contributed by atoms with van der Waals surface area (Å²) in [6, 6.07) is 18.2. The van der Waals surface area contributed by atoms with Crippen molar-refractivity contribution in [3.8, 4) is 0 Å². The van der Waals surface area contributed by atoms with Gasteiger partial charge >= 0.3 is 0 Å². The second kappa shape index (κ2) is 8.40. The van der Waals surface area contributed by atoms with Crippen molar-refractivity contribution in [2.75, 3.05) is 13.1 Å². The Hall–Kier alpha value is -2.92. The molecule has 0 spiro atoms. The number of aromatic nitrogens is 2. The second-order valence-electron chi connectivity index (χ2n) is 7.50. The minimum absolute atomic E-state index is 0.0610. The Morgan fingerprint density at radius 3 is 2.68 bits per heavy atom. The first-order valence-electron chi connectivity index (χ1n) is 9.75. The second-order valence-corrected chi connectivity index (χ2v) is 7.50. The third-order valence-corrected chi connectivity index (χ3v) is 5.34. The molecule has 144 valence electrons. The fraction of sp³-hybridized carbons (Fsp3) is 0.304. The van der Waals surface area contributed by atoms with Gasteiger partial charge < -0.3 is 10.0 Å². The molecule has 1 atom stereocenters. The van der Waals surface area contributed by atoms with Crippen molar-refractivity contribution < 1.29 is 9.90 Å². The predicted octanol–water partition coefficient (Wildman–Crippen LogP) is 3.13. The average Bonchev–Trinajstić information content (AvgIpc) is 3.38. The maximum absolute atomic E-state index is 12.9. The monoisotopic (exact) mass is 375 g/mol. The summed E-state index contributed by atoms with van der Waals surface area (Å²) in [7, 11) is 0. The zero-order valence-corrected chi connectivity index (χ0v) is 15.9. The van der Waals surface area contributed by atoms with E-state index in [9.17, 15) is 9.90 Å². The fourth-order valence-corrected chi connectivity index (χ4v) is 3.89. The zero-order chi connectivity index (χ0) is 19.3. The Morgan fingerprint density at radius 1 is 1.07 bits per heavy atom. The summed E-state index contributed by atoms with van der Waals surface area (Å²) in [5.41, 5.74) is 3.98. The highest BCUT2D eigenvalue weighted by atomic mass is 16.3. The van der Waals surface area contributed by atoms with Crippen LogP contribution in [0.15, 0.2) is 67.0 Å². The molecule has 2 aromatic carbocycles. The summed E-state index contributed by atoms with van der Waals surface area (Å²) in [4.78, 5) is 14.8. The summed E-state index contributed by atoms with van der Waals surface area (Å²) < 4.78 is 1.82. The normalized spacial score (nSPS) is 16.5. The van der Waals surface area contributed by atoms with E-state index in [4.69, 9.17) is 0 Å². The largest absolute Gasteiger partial charge is 0.392 e. The van der Waals surface area contributed by atoms with Gasteiger partial charge in [0.1, 0.15) is 0 Å². The Balaban J connectivity index is 1.35. The number of carbonyl (C=O) groups excluding carboxylic acids is 1. The van der Waals surface area contributed by atoms with Crippen LogP contribution in [0.4, 0.5) is 0 Å². The highest BCUT2D eigenvalue weighted by molar-refractivity contribution is 5.93. The van der Waals surface area contributed by atoms with Crippen LogP contribution in [0.2, 0.25) is 0 Å². The van der Waals surface area contributed by atoms with Crippen molar-refractivity contribution in [1.29, 1.82) is 0 Å². The Labute approximate surface area is 165 Å². The van der Waals surface area contributed by atoms with Gasteiger partial charge in [0, 0.05) is 19.3 Å². The van der Waals surface area contributed by atoms with Gasteiger partial charge in [-0.2, -0.15) is 5.10 Å². The van der Waals surface area contributed by atoms with Crippen LogP contribution in [-0.2, 0) is 19.6 Å². The zero-order valence-electron chi connectivity index (χ0n) is 15.9. The quantitative estimate of drug-likeness (QED) is 0.720. The molecule has 2 heterocycles. The van der Waals surface area contributed by atoms with E-state index in [1.54, 1.807) is 6.20 Å². The highest BCUT2D eigenvalue weighted by Crippen LogP contribution is 2.23. The van der Waals surface area contributed by atoms with Gasteiger partial charge in [0.25, 0.3) is 5.91 Å². The summed E-state index contributed by atoms with van der Waals surface area (Å²) in [5.74, 6) is 0.517. The van der Waals surface area contributed by atoms with Crippen molar-refractivity contribution in [2.45, 2.75) is 26.0 Å². The predicted molar refractivity (Wildman–Crippen MR) is 108 cm³/mol. The molecule has 0 unspecified atom stereocenters. The van der Waals surface area contributed by atoms with Gasteiger partial charge in [-0.05, 0) is 35.4 Å². The lowest BCUT2D eigenvalue weighted by atomic mass is 9.97. The first-order chi connectivity index (χ1) is 13.7. The number of aliphatic hydroxyl groups is 1. The number of benzene rings is 2. The molecule has 1 fully saturated rings. The van der Waals surface area contributed by atoms with Crippen molar-refractivity contribution in [1.82, 2.24) is 14.7 Å². The van der Waals surface area contributed by atoms with Crippen LogP contribution in [0.25, 0.3) is 0 Å². The van der Waals surface area contributed by atoms with E-state index in [0.29, 0.717) is 18.0 Å². The molecule has 0 aliphatic carbocycles. The molecule has 1 amide bonds. The molecular weight excluding hydrogens is 350 g/mol. The van der Waals surface area contributed by atoms with Gasteiger partial charge in [-0.1, -0.05) is 54.6 Å². The fourth-order valence-electron chi connectivity index (χ4n) is 3.89. The molecule has 0 bridgehead atoms. The Kier molecular flexibility index (Phi) is 5.53. The first-order valence-corrected chi connectivity index (χ1v) is 9.75. The third kappa shape index (κ3) is 4.31. The number of rotatable bonds is 6. The third-order valence-electron chi connectivity index (χ3n) is 5.34. The molecule has 5 nitrogen and oxygen atoms in total.